The minimum absolute atomic E-state index is 0.241. The van der Waals surface area contributed by atoms with Gasteiger partial charge >= 0.3 is 12.2 Å². The summed E-state index contributed by atoms with van der Waals surface area (Å²) in [6.45, 7) is 2.55. The molecule has 1 saturated heterocycles. The van der Waals surface area contributed by atoms with Crippen molar-refractivity contribution in [2.24, 2.45) is 5.92 Å². The summed E-state index contributed by atoms with van der Waals surface area (Å²) in [5.41, 5.74) is 1.05. The van der Waals surface area contributed by atoms with E-state index in [-0.39, 0.29) is 12.6 Å². The fraction of sp³-hybridized carbons (Fsp3) is 0.409. The van der Waals surface area contributed by atoms with Crippen LogP contribution in [-0.2, 0) is 12.7 Å². The van der Waals surface area contributed by atoms with E-state index in [1.807, 2.05) is 24.3 Å². The first-order chi connectivity index (χ1) is 14.3. The van der Waals surface area contributed by atoms with Crippen molar-refractivity contribution in [2.75, 3.05) is 38.7 Å². The fourth-order valence-electron chi connectivity index (χ4n) is 3.55. The van der Waals surface area contributed by atoms with E-state index in [1.54, 1.807) is 14.2 Å². The summed E-state index contributed by atoms with van der Waals surface area (Å²) >= 11 is 0. The smallest absolute Gasteiger partial charge is 0.416 e. The van der Waals surface area contributed by atoms with Gasteiger partial charge in [0.15, 0.2) is 0 Å². The Labute approximate surface area is 174 Å². The van der Waals surface area contributed by atoms with Gasteiger partial charge in [-0.1, -0.05) is 18.2 Å². The molecule has 0 bridgehead atoms. The highest BCUT2D eigenvalue weighted by Gasteiger charge is 2.30. The van der Waals surface area contributed by atoms with E-state index in [0.717, 1.165) is 43.1 Å². The summed E-state index contributed by atoms with van der Waals surface area (Å²) in [5.74, 6) is 1.15. The molecule has 1 aliphatic rings. The van der Waals surface area contributed by atoms with Crippen molar-refractivity contribution < 1.29 is 22.7 Å². The van der Waals surface area contributed by atoms with Crippen LogP contribution in [0, 0.1) is 5.92 Å². The molecule has 1 aliphatic heterocycles. The predicted octanol–water partition coefficient (Wildman–Crippen LogP) is 4.38. The number of carbonyl (C=O) groups is 1. The molecule has 0 aliphatic carbocycles. The standard InChI is InChI=1S/C22H26F3N3O2/c1-27(14-16-6-8-18(9-7-16)22(23,24)25)21(29)26-13-17-10-11-28(15-17)19-4-3-5-20(12-19)30-2/h3-9,12,17H,10-11,13-15H2,1-2H3,(H,26,29). The molecule has 0 spiro atoms. The van der Waals surface area contributed by atoms with Gasteiger partial charge in [-0.15, -0.1) is 0 Å². The number of carbonyl (C=O) groups excluding carboxylic acids is 1. The summed E-state index contributed by atoms with van der Waals surface area (Å²) in [5, 5.41) is 2.93. The van der Waals surface area contributed by atoms with E-state index in [1.165, 1.54) is 17.0 Å². The zero-order chi connectivity index (χ0) is 21.7. The molecular weight excluding hydrogens is 395 g/mol. The van der Waals surface area contributed by atoms with Crippen LogP contribution in [0.1, 0.15) is 17.5 Å². The van der Waals surface area contributed by atoms with E-state index in [0.29, 0.717) is 18.0 Å². The predicted molar refractivity (Wildman–Crippen MR) is 110 cm³/mol. The molecule has 3 rings (SSSR count). The number of amides is 2. The highest BCUT2D eigenvalue weighted by Crippen LogP contribution is 2.29. The normalized spacial score (nSPS) is 16.4. The van der Waals surface area contributed by atoms with Crippen LogP contribution in [0.5, 0.6) is 5.75 Å². The number of anilines is 1. The van der Waals surface area contributed by atoms with Gasteiger partial charge in [-0.25, -0.2) is 4.79 Å². The van der Waals surface area contributed by atoms with Gasteiger partial charge in [0.2, 0.25) is 0 Å². The first-order valence-corrected chi connectivity index (χ1v) is 9.80. The number of methoxy groups -OCH3 is 1. The average molecular weight is 421 g/mol. The molecule has 1 N–H and O–H groups in total. The summed E-state index contributed by atoms with van der Waals surface area (Å²) in [7, 11) is 3.27. The molecule has 2 aromatic carbocycles. The van der Waals surface area contributed by atoms with Gasteiger partial charge in [0, 0.05) is 45.0 Å². The van der Waals surface area contributed by atoms with Crippen molar-refractivity contribution in [3.05, 3.63) is 59.7 Å². The van der Waals surface area contributed by atoms with Crippen LogP contribution >= 0.6 is 0 Å². The second-order valence-electron chi connectivity index (χ2n) is 7.54. The van der Waals surface area contributed by atoms with Crippen molar-refractivity contribution >= 4 is 11.7 Å². The Kier molecular flexibility index (Phi) is 6.74. The Hall–Kier alpha value is -2.90. The molecule has 0 aromatic heterocycles. The highest BCUT2D eigenvalue weighted by molar-refractivity contribution is 5.73. The Morgan fingerprint density at radius 3 is 2.63 bits per heavy atom. The van der Waals surface area contributed by atoms with Gasteiger partial charge < -0.3 is 19.9 Å². The van der Waals surface area contributed by atoms with Crippen LogP contribution in [0.2, 0.25) is 0 Å². The van der Waals surface area contributed by atoms with E-state index in [9.17, 15) is 18.0 Å². The number of benzene rings is 2. The summed E-state index contributed by atoms with van der Waals surface area (Å²) in [4.78, 5) is 16.1. The third-order valence-electron chi connectivity index (χ3n) is 5.29. The lowest BCUT2D eigenvalue weighted by Gasteiger charge is -2.21. The minimum atomic E-state index is -4.36. The van der Waals surface area contributed by atoms with Crippen LogP contribution in [0.4, 0.5) is 23.7 Å². The van der Waals surface area contributed by atoms with Gasteiger partial charge in [-0.3, -0.25) is 0 Å². The van der Waals surface area contributed by atoms with Crippen LogP contribution in [0.3, 0.4) is 0 Å². The Morgan fingerprint density at radius 1 is 1.23 bits per heavy atom. The number of hydrogen-bond donors (Lipinski definition) is 1. The van der Waals surface area contributed by atoms with Crippen LogP contribution < -0.4 is 15.0 Å². The first kappa shape index (κ1) is 21.8. The number of alkyl halides is 3. The zero-order valence-corrected chi connectivity index (χ0v) is 17.1. The van der Waals surface area contributed by atoms with Crippen LogP contribution in [0.25, 0.3) is 0 Å². The minimum Gasteiger partial charge on any atom is -0.497 e. The van der Waals surface area contributed by atoms with Crippen LogP contribution in [0.15, 0.2) is 48.5 Å². The molecule has 1 fully saturated rings. The molecule has 1 atom stereocenters. The van der Waals surface area contributed by atoms with Crippen molar-refractivity contribution in [1.29, 1.82) is 0 Å². The molecule has 2 aromatic rings. The van der Waals surface area contributed by atoms with E-state index in [2.05, 4.69) is 10.2 Å². The summed E-state index contributed by atoms with van der Waals surface area (Å²) in [6.07, 6.45) is -3.39. The topological polar surface area (TPSA) is 44.8 Å². The Bertz CT molecular complexity index is 855. The summed E-state index contributed by atoms with van der Waals surface area (Å²) < 4.78 is 43.2. The van der Waals surface area contributed by atoms with Gasteiger partial charge in [-0.05, 0) is 42.2 Å². The number of urea groups is 1. The molecule has 162 valence electrons. The lowest BCUT2D eigenvalue weighted by molar-refractivity contribution is -0.137. The van der Waals surface area contributed by atoms with Crippen molar-refractivity contribution in [3.63, 3.8) is 0 Å². The van der Waals surface area contributed by atoms with Gasteiger partial charge in [-0.2, -0.15) is 13.2 Å². The third kappa shape index (κ3) is 5.58. The van der Waals surface area contributed by atoms with E-state index >= 15 is 0 Å². The SMILES string of the molecule is COc1cccc(N2CCC(CNC(=O)N(C)Cc3ccc(C(F)(F)F)cc3)C2)c1. The maximum absolute atomic E-state index is 12.6. The van der Waals surface area contributed by atoms with Gasteiger partial charge in [0.1, 0.15) is 5.75 Å². The number of nitrogens with zero attached hydrogens (tertiary/aromatic N) is 2. The lowest BCUT2D eigenvalue weighted by atomic mass is 10.1. The largest absolute Gasteiger partial charge is 0.497 e. The van der Waals surface area contributed by atoms with Crippen molar-refractivity contribution in [3.8, 4) is 5.75 Å². The molecule has 30 heavy (non-hydrogen) atoms. The van der Waals surface area contributed by atoms with Crippen molar-refractivity contribution in [2.45, 2.75) is 19.1 Å². The molecule has 0 saturated carbocycles. The molecule has 5 nitrogen and oxygen atoms in total. The number of nitrogens with one attached hydrogen (secondary N) is 1. The zero-order valence-electron chi connectivity index (χ0n) is 17.1. The lowest BCUT2D eigenvalue weighted by Crippen LogP contribution is -2.39. The summed E-state index contributed by atoms with van der Waals surface area (Å²) in [6, 6.07) is 12.5. The second kappa shape index (κ2) is 9.28. The third-order valence-corrected chi connectivity index (χ3v) is 5.29. The average Bonchev–Trinajstić information content (AvgIpc) is 3.21. The van der Waals surface area contributed by atoms with Gasteiger partial charge in [0.05, 0.1) is 12.7 Å². The molecule has 8 heteroatoms. The number of hydrogen-bond acceptors (Lipinski definition) is 3. The van der Waals surface area contributed by atoms with Crippen LogP contribution in [-0.4, -0.2) is 44.7 Å². The highest BCUT2D eigenvalue weighted by atomic mass is 19.4. The van der Waals surface area contributed by atoms with E-state index in [4.69, 9.17) is 4.74 Å². The molecular formula is C22H26F3N3O2. The first-order valence-electron chi connectivity index (χ1n) is 9.80. The monoisotopic (exact) mass is 421 g/mol. The fourth-order valence-corrected chi connectivity index (χ4v) is 3.55. The van der Waals surface area contributed by atoms with E-state index < -0.39 is 11.7 Å². The van der Waals surface area contributed by atoms with Crippen molar-refractivity contribution in [1.82, 2.24) is 10.2 Å². The molecule has 1 unspecified atom stereocenters. The Balaban J connectivity index is 1.46. The number of ether oxygens (including phenoxy) is 1. The van der Waals surface area contributed by atoms with Gasteiger partial charge in [0.25, 0.3) is 0 Å². The number of rotatable bonds is 6. The maximum Gasteiger partial charge on any atom is 0.416 e. The number of halogens is 3. The quantitative estimate of drug-likeness (QED) is 0.753. The maximum atomic E-state index is 12.6. The molecule has 0 radical (unpaired) electrons. The molecule has 2 amide bonds. The molecule has 1 heterocycles. The second-order valence-corrected chi connectivity index (χ2v) is 7.54. The Morgan fingerprint density at radius 2 is 1.97 bits per heavy atom.